The van der Waals surface area contributed by atoms with Crippen LogP contribution in [0.3, 0.4) is 0 Å². The van der Waals surface area contributed by atoms with Crippen LogP contribution in [-0.4, -0.2) is 50.1 Å². The number of aliphatic hydroxyl groups excluding tert-OH is 1. The van der Waals surface area contributed by atoms with Crippen LogP contribution in [0.15, 0.2) is 46.3 Å². The molecule has 0 atom stereocenters. The summed E-state index contributed by atoms with van der Waals surface area (Å²) in [5, 5.41) is 27.9. The summed E-state index contributed by atoms with van der Waals surface area (Å²) in [6, 6.07) is 4.10. The highest BCUT2D eigenvalue weighted by Crippen LogP contribution is 2.24. The first-order valence-corrected chi connectivity index (χ1v) is 8.11. The average molecular weight is 364 g/mol. The molecule has 128 valence electrons. The molecule has 10 nitrogen and oxygen atoms in total. The van der Waals surface area contributed by atoms with Crippen LogP contribution in [0.5, 0.6) is 0 Å². The van der Waals surface area contributed by atoms with Crippen LogP contribution in [0, 0.1) is 5.82 Å². The van der Waals surface area contributed by atoms with Crippen molar-refractivity contribution in [2.75, 3.05) is 0 Å². The summed E-state index contributed by atoms with van der Waals surface area (Å²) in [5.41, 5.74) is -0.376. The normalized spacial score (nSPS) is 12.3. The van der Waals surface area contributed by atoms with Gasteiger partial charge in [0.25, 0.3) is 0 Å². The van der Waals surface area contributed by atoms with Gasteiger partial charge in [-0.1, -0.05) is 0 Å². The number of halogens is 1. The van der Waals surface area contributed by atoms with E-state index in [0.29, 0.717) is 0 Å². The lowest BCUT2D eigenvalue weighted by Crippen LogP contribution is -2.08. The minimum Gasteiger partial charge on any atom is -0.504 e. The molecule has 0 unspecified atom stereocenters. The van der Waals surface area contributed by atoms with Crippen molar-refractivity contribution in [3.63, 3.8) is 0 Å². The van der Waals surface area contributed by atoms with Gasteiger partial charge in [-0.05, 0) is 29.5 Å². The van der Waals surface area contributed by atoms with E-state index in [1.807, 2.05) is 0 Å². The third kappa shape index (κ3) is 3.14. The number of aromatic nitrogens is 6. The van der Waals surface area contributed by atoms with Crippen molar-refractivity contribution in [3.05, 3.63) is 53.9 Å². The van der Waals surface area contributed by atoms with Crippen molar-refractivity contribution in [2.45, 2.75) is 9.79 Å². The number of allylic oxidation sites excluding steroid dienone is 1. The lowest BCUT2D eigenvalue weighted by Gasteiger charge is -2.04. The number of sulfone groups is 1. The van der Waals surface area contributed by atoms with Crippen LogP contribution in [-0.2, 0) is 9.84 Å². The van der Waals surface area contributed by atoms with Crippen molar-refractivity contribution in [2.24, 2.45) is 0 Å². The number of benzene rings is 1. The first kappa shape index (κ1) is 16.4. The van der Waals surface area contributed by atoms with Gasteiger partial charge in [0, 0.05) is 6.08 Å². The predicted octanol–water partition coefficient (Wildman–Crippen LogP) is 0.676. The van der Waals surface area contributed by atoms with Gasteiger partial charge >= 0.3 is 0 Å². The zero-order chi connectivity index (χ0) is 18.0. The highest BCUT2D eigenvalue weighted by molar-refractivity contribution is 7.91. The molecule has 0 saturated carbocycles. The van der Waals surface area contributed by atoms with Crippen LogP contribution in [0.1, 0.15) is 16.3 Å². The monoisotopic (exact) mass is 364 g/mol. The Bertz CT molecular complexity index is 1040. The van der Waals surface area contributed by atoms with Gasteiger partial charge in [-0.25, -0.2) is 12.8 Å². The molecule has 0 bridgehead atoms. The second-order valence-electron chi connectivity index (χ2n) is 4.70. The number of H-pyrrole nitrogens is 2. The highest BCUT2D eigenvalue weighted by Gasteiger charge is 2.26. The van der Waals surface area contributed by atoms with Crippen molar-refractivity contribution in [3.8, 4) is 0 Å². The molecule has 0 aliphatic carbocycles. The average Bonchev–Trinajstić information content (AvgIpc) is 3.27. The standard InChI is InChI=1S/C13H9FN6O4S/c14-7-1-3-8(4-2-7)25(23,24)11-6-15-16-12(11)9(21)5-10(22)13-17-19-20-18-13/h1-6,22H,(H,15,16)(H,17,18,19,20). The van der Waals surface area contributed by atoms with Gasteiger partial charge in [0.15, 0.2) is 5.76 Å². The number of carbonyl (C=O) groups excluding carboxylic acids is 1. The van der Waals surface area contributed by atoms with E-state index in [1.165, 1.54) is 0 Å². The molecule has 0 aliphatic heterocycles. The van der Waals surface area contributed by atoms with Crippen molar-refractivity contribution < 1.29 is 22.7 Å². The van der Waals surface area contributed by atoms with Crippen LogP contribution in [0.25, 0.3) is 5.76 Å². The van der Waals surface area contributed by atoms with Gasteiger partial charge in [-0.2, -0.15) is 10.3 Å². The van der Waals surface area contributed by atoms with Gasteiger partial charge in [-0.3, -0.25) is 9.89 Å². The number of nitrogens with zero attached hydrogens (tertiary/aromatic N) is 4. The number of hydrogen-bond donors (Lipinski definition) is 3. The summed E-state index contributed by atoms with van der Waals surface area (Å²) in [5.74, 6) is -2.33. The molecule has 2 heterocycles. The van der Waals surface area contributed by atoms with E-state index >= 15 is 0 Å². The molecule has 3 N–H and O–H groups in total. The fraction of sp³-hybridized carbons (Fsp3) is 0. The zero-order valence-corrected chi connectivity index (χ0v) is 13.0. The first-order valence-electron chi connectivity index (χ1n) is 6.62. The third-order valence-electron chi connectivity index (χ3n) is 3.11. The molecule has 12 heteroatoms. The summed E-state index contributed by atoms with van der Waals surface area (Å²) >= 11 is 0. The van der Waals surface area contributed by atoms with Gasteiger partial charge in [0.1, 0.15) is 16.4 Å². The fourth-order valence-electron chi connectivity index (χ4n) is 1.93. The van der Waals surface area contributed by atoms with E-state index in [4.69, 9.17) is 0 Å². The largest absolute Gasteiger partial charge is 0.504 e. The molecule has 0 amide bonds. The van der Waals surface area contributed by atoms with Crippen LogP contribution in [0.2, 0.25) is 0 Å². The minimum atomic E-state index is -4.12. The summed E-state index contributed by atoms with van der Waals surface area (Å²) in [4.78, 5) is 11.6. The van der Waals surface area contributed by atoms with Gasteiger partial charge in [0.05, 0.1) is 11.1 Å². The van der Waals surface area contributed by atoms with Crippen molar-refractivity contribution in [1.29, 1.82) is 0 Å². The molecule has 0 fully saturated rings. The molecule has 0 radical (unpaired) electrons. The van der Waals surface area contributed by atoms with E-state index in [0.717, 1.165) is 36.5 Å². The number of carbonyl (C=O) groups is 1. The lowest BCUT2D eigenvalue weighted by molar-refractivity contribution is 0.103. The summed E-state index contributed by atoms with van der Waals surface area (Å²) in [6.07, 6.45) is 1.67. The number of rotatable bonds is 5. The van der Waals surface area contributed by atoms with Gasteiger partial charge in [0.2, 0.25) is 21.4 Å². The maximum Gasteiger partial charge on any atom is 0.239 e. The number of aromatic amines is 2. The van der Waals surface area contributed by atoms with E-state index in [2.05, 4.69) is 30.8 Å². The van der Waals surface area contributed by atoms with Gasteiger partial charge in [-0.15, -0.1) is 10.2 Å². The Morgan fingerprint density at radius 2 is 1.96 bits per heavy atom. The summed E-state index contributed by atoms with van der Waals surface area (Å²) in [7, 11) is -4.12. The maximum atomic E-state index is 13.0. The SMILES string of the molecule is O=C(C=C(O)c1nn[nH]n1)c1[nH]ncc1S(=O)(=O)c1ccc(F)cc1. The van der Waals surface area contributed by atoms with Crippen LogP contribution < -0.4 is 0 Å². The Morgan fingerprint density at radius 1 is 1.24 bits per heavy atom. The molecule has 0 aliphatic rings. The zero-order valence-electron chi connectivity index (χ0n) is 12.2. The Morgan fingerprint density at radius 3 is 2.60 bits per heavy atom. The van der Waals surface area contributed by atoms with Gasteiger partial charge < -0.3 is 5.11 Å². The molecule has 25 heavy (non-hydrogen) atoms. The molecule has 0 saturated heterocycles. The van der Waals surface area contributed by atoms with E-state index in [-0.39, 0.29) is 16.4 Å². The summed E-state index contributed by atoms with van der Waals surface area (Å²) in [6.45, 7) is 0. The second-order valence-corrected chi connectivity index (χ2v) is 6.61. The molecule has 3 aromatic rings. The van der Waals surface area contributed by atoms with Crippen LogP contribution >= 0.6 is 0 Å². The van der Waals surface area contributed by atoms with E-state index in [1.54, 1.807) is 0 Å². The maximum absolute atomic E-state index is 13.0. The molecular weight excluding hydrogens is 355 g/mol. The van der Waals surface area contributed by atoms with Crippen LogP contribution in [0.4, 0.5) is 4.39 Å². The smallest absolute Gasteiger partial charge is 0.239 e. The second kappa shape index (κ2) is 6.24. The van der Waals surface area contributed by atoms with Crippen molar-refractivity contribution >= 4 is 21.4 Å². The number of ketones is 1. The quantitative estimate of drug-likeness (QED) is 0.258. The Balaban J connectivity index is 1.99. The van der Waals surface area contributed by atoms with E-state index in [9.17, 15) is 22.7 Å². The Kier molecular flexibility index (Phi) is 4.10. The Labute approximate surface area is 139 Å². The lowest BCUT2D eigenvalue weighted by atomic mass is 10.2. The third-order valence-corrected chi connectivity index (χ3v) is 4.89. The number of nitrogens with one attached hydrogen (secondary N) is 2. The fourth-order valence-corrected chi connectivity index (χ4v) is 3.28. The number of hydrogen-bond acceptors (Lipinski definition) is 8. The molecule has 1 aromatic carbocycles. The number of aliphatic hydroxyl groups is 1. The molecule has 3 rings (SSSR count). The molecule has 0 spiro atoms. The predicted molar refractivity (Wildman–Crippen MR) is 79.6 cm³/mol. The topological polar surface area (TPSA) is 155 Å². The highest BCUT2D eigenvalue weighted by atomic mass is 32.2. The van der Waals surface area contributed by atoms with E-state index < -0.39 is 32.1 Å². The first-order chi connectivity index (χ1) is 11.9. The Hall–Kier alpha value is -3.41. The summed E-state index contributed by atoms with van der Waals surface area (Å²) < 4.78 is 38.2. The molecule has 2 aromatic heterocycles. The number of tetrazole rings is 1. The van der Waals surface area contributed by atoms with Crippen molar-refractivity contribution in [1.82, 2.24) is 30.8 Å². The minimum absolute atomic E-state index is 0.212. The molecular formula is C13H9FN6O4S.